The second-order valence-corrected chi connectivity index (χ2v) is 16.2. The summed E-state index contributed by atoms with van der Waals surface area (Å²) in [6, 6.07) is 39.0. The minimum atomic E-state index is -2.02. The van der Waals surface area contributed by atoms with E-state index >= 15 is 0 Å². The van der Waals surface area contributed by atoms with Gasteiger partial charge < -0.3 is 19.7 Å². The molecule has 4 aromatic carbocycles. The number of carbonyl (C=O) groups is 3. The van der Waals surface area contributed by atoms with Crippen LogP contribution in [0.5, 0.6) is 0 Å². The summed E-state index contributed by atoms with van der Waals surface area (Å²) >= 11 is 0. The number of rotatable bonds is 9. The predicted molar refractivity (Wildman–Crippen MR) is 204 cm³/mol. The van der Waals surface area contributed by atoms with Gasteiger partial charge in [-0.05, 0) is 40.3 Å². The van der Waals surface area contributed by atoms with E-state index in [0.717, 1.165) is 22.3 Å². The third kappa shape index (κ3) is 4.94. The molecule has 4 aromatic rings. The fourth-order valence-corrected chi connectivity index (χ4v) is 10.6. The van der Waals surface area contributed by atoms with Gasteiger partial charge in [0, 0.05) is 35.5 Å². The minimum absolute atomic E-state index is 0.0143. The number of esters is 1. The van der Waals surface area contributed by atoms with E-state index in [9.17, 15) is 24.6 Å². The molecule has 5 aliphatic carbocycles. The number of fused-ring (bicyclic) bond motifs is 1. The molecule has 7 atom stereocenters. The number of ether oxygens (including phenoxy) is 2. The van der Waals surface area contributed by atoms with Crippen molar-refractivity contribution in [1.82, 2.24) is 0 Å². The molecule has 0 amide bonds. The van der Waals surface area contributed by atoms with Crippen LogP contribution < -0.4 is 0 Å². The van der Waals surface area contributed by atoms with Crippen molar-refractivity contribution < 1.29 is 34.1 Å². The van der Waals surface area contributed by atoms with Crippen molar-refractivity contribution in [1.29, 1.82) is 0 Å². The van der Waals surface area contributed by atoms with Crippen LogP contribution in [0.25, 0.3) is 0 Å². The molecule has 0 saturated heterocycles. The number of hydrogen-bond donors (Lipinski definition) is 2. The van der Waals surface area contributed by atoms with E-state index in [0.29, 0.717) is 11.1 Å². The summed E-state index contributed by atoms with van der Waals surface area (Å²) in [5.74, 6) is -4.90. The maximum absolute atomic E-state index is 14.6. The monoisotopic (exact) mass is 722 g/mol. The maximum Gasteiger partial charge on any atom is 0.311 e. The van der Waals surface area contributed by atoms with Crippen molar-refractivity contribution in [3.63, 3.8) is 0 Å². The molecule has 276 valence electrons. The van der Waals surface area contributed by atoms with Gasteiger partial charge >= 0.3 is 5.97 Å². The van der Waals surface area contributed by atoms with Gasteiger partial charge in [0.2, 0.25) is 0 Å². The van der Waals surface area contributed by atoms with Crippen LogP contribution in [0.15, 0.2) is 145 Å². The van der Waals surface area contributed by atoms with Crippen molar-refractivity contribution in [2.45, 2.75) is 62.9 Å². The molecule has 0 spiro atoms. The van der Waals surface area contributed by atoms with Crippen molar-refractivity contribution in [2.24, 2.45) is 29.1 Å². The lowest BCUT2D eigenvalue weighted by atomic mass is 9.34. The highest BCUT2D eigenvalue weighted by atomic mass is 16.6. The molecule has 3 saturated carbocycles. The fourth-order valence-electron chi connectivity index (χ4n) is 10.6. The number of aliphatic hydroxyl groups is 2. The third-order valence-electron chi connectivity index (χ3n) is 13.2. The van der Waals surface area contributed by atoms with Crippen LogP contribution in [0.2, 0.25) is 0 Å². The summed E-state index contributed by atoms with van der Waals surface area (Å²) in [6.07, 6.45) is 3.40. The average molecular weight is 723 g/mol. The highest BCUT2D eigenvalue weighted by Gasteiger charge is 2.84. The van der Waals surface area contributed by atoms with Gasteiger partial charge in [0.25, 0.3) is 0 Å². The van der Waals surface area contributed by atoms with E-state index in [1.807, 2.05) is 141 Å². The zero-order chi connectivity index (χ0) is 38.1. The largest absolute Gasteiger partial charge is 0.450 e. The van der Waals surface area contributed by atoms with Crippen LogP contribution in [-0.2, 0) is 35.9 Å². The number of ketones is 2. The van der Waals surface area contributed by atoms with Gasteiger partial charge in [-0.2, -0.15) is 0 Å². The van der Waals surface area contributed by atoms with E-state index in [-0.39, 0.29) is 25.2 Å². The van der Waals surface area contributed by atoms with Crippen LogP contribution in [0.3, 0.4) is 0 Å². The normalized spacial score (nSPS) is 30.9. The Labute approximate surface area is 316 Å². The van der Waals surface area contributed by atoms with E-state index in [1.165, 1.54) is 0 Å². The van der Waals surface area contributed by atoms with Gasteiger partial charge in [0.15, 0.2) is 17.2 Å². The molecule has 7 heteroatoms. The highest BCUT2D eigenvalue weighted by molar-refractivity contribution is 6.06. The number of carbonyl (C=O) groups excluding carboxylic acids is 3. The van der Waals surface area contributed by atoms with Gasteiger partial charge in [-0.1, -0.05) is 154 Å². The Hall–Kier alpha value is -4.95. The molecule has 0 radical (unpaired) electrons. The van der Waals surface area contributed by atoms with Gasteiger partial charge in [0.1, 0.15) is 11.2 Å². The molecule has 0 aromatic heterocycles. The highest BCUT2D eigenvalue weighted by Crippen LogP contribution is 2.71. The molecular formula is C47H46O7. The first kappa shape index (κ1) is 36.0. The van der Waals surface area contributed by atoms with E-state index < -0.39 is 63.2 Å². The summed E-state index contributed by atoms with van der Waals surface area (Å²) in [5.41, 5.74) is -3.10. The SMILES string of the molecule is CC1=C[C@H]2[C@]3(O)[C@@H](C=C(COC(c4ccccc4)(c4ccccc4)c4ccccc4)C[C@]2(O)C1=O)[C@@H]1C(=O)[C@@](OC(=O)Cc2ccccc2)([C@H]3C)C1(C)C. The lowest BCUT2D eigenvalue weighted by molar-refractivity contribution is -0.305. The van der Waals surface area contributed by atoms with Crippen LogP contribution in [0.1, 0.15) is 56.4 Å². The Morgan fingerprint density at radius 3 is 1.78 bits per heavy atom. The summed E-state index contributed by atoms with van der Waals surface area (Å²) in [6.45, 7) is 7.19. The van der Waals surface area contributed by atoms with Crippen LogP contribution in [-0.4, -0.2) is 51.2 Å². The molecule has 2 bridgehead atoms. The lowest BCUT2D eigenvalue weighted by Gasteiger charge is -2.72. The van der Waals surface area contributed by atoms with Crippen LogP contribution in [0.4, 0.5) is 0 Å². The third-order valence-corrected chi connectivity index (χ3v) is 13.2. The lowest BCUT2D eigenvalue weighted by Crippen LogP contribution is -2.85. The zero-order valence-corrected chi connectivity index (χ0v) is 31.1. The quantitative estimate of drug-likeness (QED) is 0.109. The van der Waals surface area contributed by atoms with Gasteiger partial charge in [-0.25, -0.2) is 0 Å². The van der Waals surface area contributed by atoms with Crippen molar-refractivity contribution >= 4 is 17.5 Å². The van der Waals surface area contributed by atoms with Crippen LogP contribution in [0, 0.1) is 29.1 Å². The Morgan fingerprint density at radius 1 is 0.778 bits per heavy atom. The first-order valence-corrected chi connectivity index (χ1v) is 18.8. The summed E-state index contributed by atoms with van der Waals surface area (Å²) in [4.78, 5) is 42.2. The van der Waals surface area contributed by atoms with Gasteiger partial charge in [-0.15, -0.1) is 0 Å². The van der Waals surface area contributed by atoms with Crippen molar-refractivity contribution in [3.05, 3.63) is 167 Å². The predicted octanol–water partition coefficient (Wildman–Crippen LogP) is 6.95. The number of benzene rings is 4. The fraction of sp³-hybridized carbons (Fsp3) is 0.340. The molecule has 2 N–H and O–H groups in total. The second kappa shape index (κ2) is 12.8. The van der Waals surface area contributed by atoms with E-state index in [4.69, 9.17) is 9.47 Å². The van der Waals surface area contributed by atoms with Crippen molar-refractivity contribution in [3.8, 4) is 0 Å². The smallest absolute Gasteiger partial charge is 0.311 e. The summed E-state index contributed by atoms with van der Waals surface area (Å²) in [5, 5.41) is 25.8. The molecule has 3 fully saturated rings. The minimum Gasteiger partial charge on any atom is -0.450 e. The standard InChI is InChI=1S/C47H46O7/c1-30-25-38-44(51,41(30)49)28-33(29-53-46(34-19-11-6-12-20-34,35-21-13-7-14-22-35)36-23-15-8-16-24-36)26-37-40-42(50)47(43(40,3)4,31(2)45(37,38)52)54-39(48)27-32-17-9-5-10-18-32/h5-26,31,37-38,40,51-52H,27-29H2,1-4H3/t31-,37-,38+,40+,44+,45+,47-/m0/s1. The van der Waals surface area contributed by atoms with Gasteiger partial charge in [-0.3, -0.25) is 14.4 Å². The molecule has 7 nitrogen and oxygen atoms in total. The number of hydrogen-bond acceptors (Lipinski definition) is 7. The van der Waals surface area contributed by atoms with E-state index in [2.05, 4.69) is 0 Å². The first-order valence-electron chi connectivity index (χ1n) is 18.8. The van der Waals surface area contributed by atoms with Gasteiger partial charge in [0.05, 0.1) is 18.6 Å². The van der Waals surface area contributed by atoms with E-state index in [1.54, 1.807) is 19.9 Å². The molecule has 5 aliphatic rings. The number of Topliss-reactive ketones (excluding diaryl/α,β-unsaturated/α-hetero) is 2. The Balaban J connectivity index is 1.23. The Bertz CT molecular complexity index is 2060. The Morgan fingerprint density at radius 2 is 1.28 bits per heavy atom. The maximum atomic E-state index is 14.6. The average Bonchev–Trinajstić information content (AvgIpc) is 3.35. The summed E-state index contributed by atoms with van der Waals surface area (Å²) < 4.78 is 13.5. The summed E-state index contributed by atoms with van der Waals surface area (Å²) in [7, 11) is 0. The molecule has 0 unspecified atom stereocenters. The van der Waals surface area contributed by atoms with Crippen molar-refractivity contribution in [2.75, 3.05) is 6.61 Å². The molecule has 54 heavy (non-hydrogen) atoms. The molecule has 0 heterocycles. The molecular weight excluding hydrogens is 677 g/mol. The Kier molecular flexibility index (Phi) is 8.57. The topological polar surface area (TPSA) is 110 Å². The first-order chi connectivity index (χ1) is 25.8. The second-order valence-electron chi connectivity index (χ2n) is 16.2. The zero-order valence-electron chi connectivity index (χ0n) is 31.1. The molecule has 9 rings (SSSR count). The van der Waals surface area contributed by atoms with Crippen LogP contribution >= 0.6 is 0 Å². The molecule has 0 aliphatic heterocycles.